The smallest absolute Gasteiger partial charge is 0.312 e. The molecule has 0 amide bonds. The number of carbonyl (C=O) groups excluding carboxylic acids is 3. The molecule has 0 aromatic carbocycles. The highest BCUT2D eigenvalue weighted by Crippen LogP contribution is 2.55. The maximum absolute atomic E-state index is 13.9. The van der Waals surface area contributed by atoms with Gasteiger partial charge in [0.15, 0.2) is 0 Å². The van der Waals surface area contributed by atoms with Gasteiger partial charge in [0, 0.05) is 6.54 Å². The zero-order chi connectivity index (χ0) is 29.0. The molecule has 2 atom stereocenters. The van der Waals surface area contributed by atoms with Crippen molar-refractivity contribution >= 4 is 17.9 Å². The van der Waals surface area contributed by atoms with Gasteiger partial charge in [0.2, 0.25) is 0 Å². The van der Waals surface area contributed by atoms with E-state index in [2.05, 4.69) is 0 Å². The van der Waals surface area contributed by atoms with Gasteiger partial charge in [0.1, 0.15) is 12.7 Å². The first-order chi connectivity index (χ1) is 18.2. The van der Waals surface area contributed by atoms with E-state index in [1.165, 1.54) is 32.1 Å². The summed E-state index contributed by atoms with van der Waals surface area (Å²) in [5.41, 5.74) is -2.84. The lowest BCUT2D eigenvalue weighted by atomic mass is 9.55. The van der Waals surface area contributed by atoms with Gasteiger partial charge in [-0.25, -0.2) is 0 Å². The summed E-state index contributed by atoms with van der Waals surface area (Å²) in [6.07, 6.45) is 8.81. The average molecular weight is 550 g/mol. The fourth-order valence-electron chi connectivity index (χ4n) is 7.79. The Morgan fingerprint density at radius 2 is 1.31 bits per heavy atom. The van der Waals surface area contributed by atoms with Crippen molar-refractivity contribution in [3.05, 3.63) is 0 Å². The summed E-state index contributed by atoms with van der Waals surface area (Å²) in [5, 5.41) is 0. The van der Waals surface area contributed by atoms with Crippen LogP contribution in [0.4, 0.5) is 0 Å². The van der Waals surface area contributed by atoms with Crippen LogP contribution in [0, 0.1) is 39.9 Å². The van der Waals surface area contributed by atoms with E-state index in [1.54, 1.807) is 0 Å². The lowest BCUT2D eigenvalue weighted by Gasteiger charge is -2.54. The van der Waals surface area contributed by atoms with Gasteiger partial charge in [-0.3, -0.25) is 14.4 Å². The van der Waals surface area contributed by atoms with Crippen LogP contribution in [0.25, 0.3) is 0 Å². The van der Waals surface area contributed by atoms with Crippen molar-refractivity contribution in [2.75, 3.05) is 33.9 Å². The summed E-state index contributed by atoms with van der Waals surface area (Å²) in [4.78, 5) is 42.6. The van der Waals surface area contributed by atoms with E-state index in [9.17, 15) is 14.4 Å². The third-order valence-corrected chi connectivity index (χ3v) is 9.82. The summed E-state index contributed by atoms with van der Waals surface area (Å²) in [7, 11) is 3.85. The Balaban J connectivity index is 1.76. The second kappa shape index (κ2) is 12.9. The van der Waals surface area contributed by atoms with Crippen molar-refractivity contribution in [2.45, 2.75) is 112 Å². The van der Waals surface area contributed by atoms with Crippen LogP contribution in [0.1, 0.15) is 106 Å². The van der Waals surface area contributed by atoms with Gasteiger partial charge in [-0.1, -0.05) is 20.3 Å². The maximum Gasteiger partial charge on any atom is 0.312 e. The Morgan fingerprint density at radius 3 is 1.82 bits per heavy atom. The Kier molecular flexibility index (Phi) is 10.6. The number of hydrogen-bond acceptors (Lipinski definition) is 7. The van der Waals surface area contributed by atoms with Gasteiger partial charge < -0.3 is 19.1 Å². The van der Waals surface area contributed by atoms with Gasteiger partial charge in [-0.05, 0) is 123 Å². The summed E-state index contributed by atoms with van der Waals surface area (Å²) in [5.74, 6) is 1.67. The minimum absolute atomic E-state index is 0.00190. The normalized spacial score (nSPS) is 29.0. The fourth-order valence-corrected chi connectivity index (χ4v) is 7.79. The molecule has 0 N–H and O–H groups in total. The highest BCUT2D eigenvalue weighted by Gasteiger charge is 2.53. The van der Waals surface area contributed by atoms with Crippen molar-refractivity contribution < 1.29 is 28.6 Å². The van der Waals surface area contributed by atoms with Crippen LogP contribution >= 0.6 is 0 Å². The molecular formula is C32H55NO6. The minimum atomic E-state index is -1.05. The molecule has 4 aliphatic rings. The predicted molar refractivity (Wildman–Crippen MR) is 152 cm³/mol. The first-order valence-corrected chi connectivity index (χ1v) is 15.4. The quantitative estimate of drug-likeness (QED) is 0.140. The van der Waals surface area contributed by atoms with E-state index < -0.39 is 16.2 Å². The van der Waals surface area contributed by atoms with Crippen molar-refractivity contribution in [2.24, 2.45) is 39.9 Å². The SMILES string of the molecule is CCCCOC(=O)C(C)(CC(C)(C)C(=O)OCCN(C)C)CC(C)(CC)C(=O)OC1C2CC3CC(C2)CC1C3. The Morgan fingerprint density at radius 1 is 0.744 bits per heavy atom. The zero-order valence-corrected chi connectivity index (χ0v) is 26.0. The van der Waals surface area contributed by atoms with Crippen LogP contribution in [0.5, 0.6) is 0 Å². The molecule has 0 spiro atoms. The summed E-state index contributed by atoms with van der Waals surface area (Å²) in [6, 6.07) is 0. The van der Waals surface area contributed by atoms with Gasteiger partial charge in [-0.2, -0.15) is 0 Å². The first-order valence-electron chi connectivity index (χ1n) is 15.4. The van der Waals surface area contributed by atoms with Gasteiger partial charge >= 0.3 is 17.9 Å². The zero-order valence-electron chi connectivity index (χ0n) is 26.0. The molecule has 39 heavy (non-hydrogen) atoms. The van der Waals surface area contributed by atoms with E-state index in [-0.39, 0.29) is 43.5 Å². The van der Waals surface area contributed by atoms with Crippen LogP contribution in [-0.4, -0.2) is 62.8 Å². The van der Waals surface area contributed by atoms with Gasteiger partial charge in [0.05, 0.1) is 22.9 Å². The van der Waals surface area contributed by atoms with Crippen LogP contribution < -0.4 is 0 Å². The van der Waals surface area contributed by atoms with Crippen molar-refractivity contribution in [3.8, 4) is 0 Å². The second-order valence-corrected chi connectivity index (χ2v) is 14.4. The van der Waals surface area contributed by atoms with Crippen LogP contribution in [0.15, 0.2) is 0 Å². The molecule has 4 saturated carbocycles. The average Bonchev–Trinajstić information content (AvgIpc) is 2.84. The van der Waals surface area contributed by atoms with E-state index in [0.29, 0.717) is 31.4 Å². The van der Waals surface area contributed by atoms with Crippen LogP contribution in [-0.2, 0) is 28.6 Å². The monoisotopic (exact) mass is 549 g/mol. The summed E-state index contributed by atoms with van der Waals surface area (Å²) >= 11 is 0. The molecule has 0 aromatic rings. The number of hydrogen-bond donors (Lipinski definition) is 0. The fraction of sp³-hybridized carbons (Fsp3) is 0.906. The number of unbranched alkanes of at least 4 members (excludes halogenated alkanes) is 1. The predicted octanol–water partition coefficient (Wildman–Crippen LogP) is 6.03. The highest BCUT2D eigenvalue weighted by molar-refractivity contribution is 5.82. The number of nitrogens with zero attached hydrogens (tertiary/aromatic N) is 1. The molecule has 4 fully saturated rings. The summed E-state index contributed by atoms with van der Waals surface area (Å²) < 4.78 is 17.7. The minimum Gasteiger partial charge on any atom is -0.465 e. The number of esters is 3. The molecule has 0 aliphatic heterocycles. The largest absolute Gasteiger partial charge is 0.465 e. The molecule has 0 radical (unpaired) electrons. The first kappa shape index (κ1) is 31.9. The van der Waals surface area contributed by atoms with Gasteiger partial charge in [-0.15, -0.1) is 0 Å². The molecular weight excluding hydrogens is 494 g/mol. The molecule has 7 nitrogen and oxygen atoms in total. The summed E-state index contributed by atoms with van der Waals surface area (Å²) in [6.45, 7) is 12.7. The Bertz CT molecular complexity index is 841. The molecule has 4 rings (SSSR count). The number of rotatable bonds is 15. The Labute approximate surface area is 237 Å². The molecule has 0 heterocycles. The van der Waals surface area contributed by atoms with Crippen molar-refractivity contribution in [1.29, 1.82) is 0 Å². The molecule has 0 aromatic heterocycles. The van der Waals surface area contributed by atoms with E-state index in [1.807, 2.05) is 60.5 Å². The molecule has 4 aliphatic carbocycles. The number of likely N-dealkylation sites (N-methyl/N-ethyl adjacent to an activating group) is 1. The molecule has 4 bridgehead atoms. The third kappa shape index (κ3) is 7.77. The number of carbonyl (C=O) groups is 3. The van der Waals surface area contributed by atoms with Crippen molar-refractivity contribution in [1.82, 2.24) is 4.90 Å². The topological polar surface area (TPSA) is 82.1 Å². The van der Waals surface area contributed by atoms with Crippen LogP contribution in [0.2, 0.25) is 0 Å². The van der Waals surface area contributed by atoms with Crippen LogP contribution in [0.3, 0.4) is 0 Å². The maximum atomic E-state index is 13.9. The molecule has 0 saturated heterocycles. The van der Waals surface area contributed by atoms with E-state index >= 15 is 0 Å². The van der Waals surface area contributed by atoms with E-state index in [0.717, 1.165) is 24.7 Å². The molecule has 224 valence electrons. The lowest BCUT2D eigenvalue weighted by molar-refractivity contribution is -0.185. The van der Waals surface area contributed by atoms with Gasteiger partial charge in [0.25, 0.3) is 0 Å². The number of ether oxygens (including phenoxy) is 3. The molecule has 7 heteroatoms. The Hall–Kier alpha value is -1.63. The van der Waals surface area contributed by atoms with E-state index in [4.69, 9.17) is 14.2 Å². The lowest BCUT2D eigenvalue weighted by Crippen LogP contribution is -2.52. The van der Waals surface area contributed by atoms with Crippen molar-refractivity contribution in [3.63, 3.8) is 0 Å². The standard InChI is InChI=1S/C32H55NO6/c1-9-11-13-37-28(35)32(6,20-30(3,4)27(34)38-14-12-33(7)8)21-31(5,10-2)29(36)39-26-24-16-22-15-23(18-24)19-25(26)17-22/h22-26H,9-21H2,1-8H3. The second-order valence-electron chi connectivity index (χ2n) is 14.4. The third-order valence-electron chi connectivity index (χ3n) is 9.82. The molecule has 2 unspecified atom stereocenters. The highest BCUT2D eigenvalue weighted by atomic mass is 16.5.